The highest BCUT2D eigenvalue weighted by molar-refractivity contribution is 7.12. The number of cyclic esters (lactones) is 1. The van der Waals surface area contributed by atoms with Gasteiger partial charge < -0.3 is 19.7 Å². The topological polar surface area (TPSA) is 105 Å². The molecule has 28 heavy (non-hydrogen) atoms. The Kier molecular flexibility index (Phi) is 6.50. The summed E-state index contributed by atoms with van der Waals surface area (Å²) in [6.07, 6.45) is 0.552. The Morgan fingerprint density at radius 2 is 2.07 bits per heavy atom. The molecule has 152 valence electrons. The molecule has 0 bridgehead atoms. The number of hydrogen-bond acceptors (Lipinski definition) is 7. The molecule has 3 amide bonds. The van der Waals surface area contributed by atoms with Gasteiger partial charge in [0.15, 0.2) is 6.04 Å². The summed E-state index contributed by atoms with van der Waals surface area (Å²) in [6.45, 7) is 2.75. The lowest BCUT2D eigenvalue weighted by molar-refractivity contribution is -0.148. The number of hydrogen-bond donors (Lipinski definition) is 1. The predicted molar refractivity (Wildman–Crippen MR) is 99.9 cm³/mol. The van der Waals surface area contributed by atoms with Crippen LogP contribution in [0.5, 0.6) is 0 Å². The highest BCUT2D eigenvalue weighted by Crippen LogP contribution is 2.24. The molecular weight excluding hydrogens is 386 g/mol. The fraction of sp³-hybridized carbons (Fsp3) is 0.556. The van der Waals surface area contributed by atoms with E-state index in [-0.39, 0.29) is 37.6 Å². The van der Waals surface area contributed by atoms with Crippen molar-refractivity contribution >= 4 is 35.2 Å². The quantitative estimate of drug-likeness (QED) is 0.699. The van der Waals surface area contributed by atoms with Crippen LogP contribution in [0.25, 0.3) is 0 Å². The molecule has 0 spiro atoms. The van der Waals surface area contributed by atoms with Crippen LogP contribution in [0.2, 0.25) is 0 Å². The van der Waals surface area contributed by atoms with E-state index < -0.39 is 18.1 Å². The van der Waals surface area contributed by atoms with Gasteiger partial charge in [0.25, 0.3) is 5.91 Å². The summed E-state index contributed by atoms with van der Waals surface area (Å²) < 4.78 is 10.1. The first-order valence-electron chi connectivity index (χ1n) is 9.22. The van der Waals surface area contributed by atoms with Gasteiger partial charge in [-0.1, -0.05) is 6.07 Å². The van der Waals surface area contributed by atoms with Crippen LogP contribution in [0.4, 0.5) is 4.79 Å². The van der Waals surface area contributed by atoms with E-state index in [2.05, 4.69) is 5.32 Å². The summed E-state index contributed by atoms with van der Waals surface area (Å²) in [5.74, 6) is -0.909. The fourth-order valence-corrected chi connectivity index (χ4v) is 4.05. The molecular formula is C18H23N3O6S. The van der Waals surface area contributed by atoms with Gasteiger partial charge in [-0.3, -0.25) is 14.5 Å². The number of carbonyl (C=O) groups excluding carboxylic acids is 4. The van der Waals surface area contributed by atoms with Crippen LogP contribution in [0.3, 0.4) is 0 Å². The number of amides is 3. The molecule has 10 heteroatoms. The van der Waals surface area contributed by atoms with Crippen LogP contribution in [-0.2, 0) is 19.1 Å². The van der Waals surface area contributed by atoms with Crippen LogP contribution >= 0.6 is 11.3 Å². The summed E-state index contributed by atoms with van der Waals surface area (Å²) in [4.78, 5) is 52.1. The van der Waals surface area contributed by atoms with Crippen LogP contribution in [0.15, 0.2) is 17.5 Å². The Morgan fingerprint density at radius 1 is 1.32 bits per heavy atom. The van der Waals surface area contributed by atoms with Crippen molar-refractivity contribution in [3.05, 3.63) is 22.4 Å². The van der Waals surface area contributed by atoms with Gasteiger partial charge in [-0.15, -0.1) is 11.3 Å². The van der Waals surface area contributed by atoms with E-state index in [4.69, 9.17) is 9.47 Å². The summed E-state index contributed by atoms with van der Waals surface area (Å²) in [5.41, 5.74) is 0. The van der Waals surface area contributed by atoms with Crippen molar-refractivity contribution < 1.29 is 28.7 Å². The summed E-state index contributed by atoms with van der Waals surface area (Å²) in [5, 5.41) is 4.43. The Morgan fingerprint density at radius 3 is 2.71 bits per heavy atom. The Hall–Kier alpha value is -2.62. The number of rotatable bonds is 6. The zero-order valence-corrected chi connectivity index (χ0v) is 16.4. The van der Waals surface area contributed by atoms with Crippen molar-refractivity contribution in [3.8, 4) is 0 Å². The second kappa shape index (κ2) is 9.05. The van der Waals surface area contributed by atoms with Gasteiger partial charge in [0, 0.05) is 19.1 Å². The Balaban J connectivity index is 1.49. The molecule has 2 saturated heterocycles. The molecule has 0 radical (unpaired) electrons. The van der Waals surface area contributed by atoms with Crippen LogP contribution in [-0.4, -0.2) is 78.6 Å². The minimum absolute atomic E-state index is 0.00837. The molecule has 0 aromatic carbocycles. The molecule has 0 saturated carbocycles. The zero-order chi connectivity index (χ0) is 20.1. The SMILES string of the molecule is CCOC(=O)C1COC(=O)N1C1CCN(C(=O)CNC(=O)c2cccs2)CC1. The number of nitrogens with one attached hydrogen (secondary N) is 1. The van der Waals surface area contributed by atoms with Crippen LogP contribution < -0.4 is 5.32 Å². The van der Waals surface area contributed by atoms with E-state index in [9.17, 15) is 19.2 Å². The van der Waals surface area contributed by atoms with Crippen molar-refractivity contribution in [2.45, 2.75) is 31.8 Å². The summed E-state index contributed by atoms with van der Waals surface area (Å²) in [7, 11) is 0. The largest absolute Gasteiger partial charge is 0.464 e. The average Bonchev–Trinajstić information content (AvgIpc) is 3.36. The van der Waals surface area contributed by atoms with Crippen LogP contribution in [0.1, 0.15) is 29.4 Å². The van der Waals surface area contributed by atoms with Crippen LogP contribution in [0, 0.1) is 0 Å². The molecule has 2 aliphatic rings. The summed E-state index contributed by atoms with van der Waals surface area (Å²) >= 11 is 1.31. The van der Waals surface area contributed by atoms with E-state index in [1.54, 1.807) is 29.3 Å². The van der Waals surface area contributed by atoms with Gasteiger partial charge in [0.2, 0.25) is 5.91 Å². The van der Waals surface area contributed by atoms with E-state index in [0.717, 1.165) is 0 Å². The molecule has 1 aromatic heterocycles. The number of carbonyl (C=O) groups is 4. The number of thiophene rings is 1. The average molecular weight is 409 g/mol. The van der Waals surface area contributed by atoms with Crippen molar-refractivity contribution in [2.75, 3.05) is 32.8 Å². The summed E-state index contributed by atoms with van der Waals surface area (Å²) in [6, 6.07) is 2.56. The zero-order valence-electron chi connectivity index (χ0n) is 15.6. The predicted octanol–water partition coefficient (Wildman–Crippen LogP) is 0.853. The van der Waals surface area contributed by atoms with Gasteiger partial charge in [0.05, 0.1) is 18.0 Å². The van der Waals surface area contributed by atoms with Crippen molar-refractivity contribution in [1.29, 1.82) is 0 Å². The van der Waals surface area contributed by atoms with Crippen molar-refractivity contribution in [3.63, 3.8) is 0 Å². The highest BCUT2D eigenvalue weighted by atomic mass is 32.1. The van der Waals surface area contributed by atoms with Crippen molar-refractivity contribution in [1.82, 2.24) is 15.1 Å². The third-order valence-electron chi connectivity index (χ3n) is 4.83. The molecule has 1 unspecified atom stereocenters. The van der Waals surface area contributed by atoms with E-state index in [1.807, 2.05) is 0 Å². The molecule has 9 nitrogen and oxygen atoms in total. The molecule has 2 fully saturated rings. The maximum absolute atomic E-state index is 12.4. The maximum atomic E-state index is 12.4. The third-order valence-corrected chi connectivity index (χ3v) is 5.69. The first-order chi connectivity index (χ1) is 13.5. The minimum atomic E-state index is -0.732. The number of ether oxygens (including phenoxy) is 2. The number of nitrogens with zero attached hydrogens (tertiary/aromatic N) is 2. The standard InChI is InChI=1S/C18H23N3O6S/c1-2-26-17(24)13-11-27-18(25)21(13)12-5-7-20(8-6-12)15(22)10-19-16(23)14-4-3-9-28-14/h3-4,9,12-13H,2,5-8,10-11H2,1H3,(H,19,23). The van der Waals surface area contributed by atoms with E-state index >= 15 is 0 Å². The van der Waals surface area contributed by atoms with E-state index in [0.29, 0.717) is 30.8 Å². The molecule has 2 aliphatic heterocycles. The molecule has 3 heterocycles. The van der Waals surface area contributed by atoms with Crippen molar-refractivity contribution in [2.24, 2.45) is 0 Å². The number of esters is 1. The van der Waals surface area contributed by atoms with Gasteiger partial charge in [-0.25, -0.2) is 9.59 Å². The highest BCUT2D eigenvalue weighted by Gasteiger charge is 2.44. The molecule has 1 N–H and O–H groups in total. The third kappa shape index (κ3) is 4.44. The fourth-order valence-electron chi connectivity index (χ4n) is 3.41. The monoisotopic (exact) mass is 409 g/mol. The molecule has 1 aromatic rings. The molecule has 0 aliphatic carbocycles. The van der Waals surface area contributed by atoms with Gasteiger partial charge in [0.1, 0.15) is 6.61 Å². The second-order valence-electron chi connectivity index (χ2n) is 6.52. The first kappa shape index (κ1) is 20.1. The van der Waals surface area contributed by atoms with Gasteiger partial charge in [-0.2, -0.15) is 0 Å². The lowest BCUT2D eigenvalue weighted by atomic mass is 10.0. The van der Waals surface area contributed by atoms with E-state index in [1.165, 1.54) is 16.2 Å². The second-order valence-corrected chi connectivity index (χ2v) is 7.47. The lowest BCUT2D eigenvalue weighted by Gasteiger charge is -2.37. The first-order valence-corrected chi connectivity index (χ1v) is 10.1. The molecule has 1 atom stereocenters. The number of piperidine rings is 1. The Labute approximate surface area is 166 Å². The van der Waals surface area contributed by atoms with Gasteiger partial charge >= 0.3 is 12.1 Å². The van der Waals surface area contributed by atoms with Gasteiger partial charge in [-0.05, 0) is 31.2 Å². The molecule has 3 rings (SSSR count). The number of likely N-dealkylation sites (tertiary alicyclic amines) is 1. The maximum Gasteiger partial charge on any atom is 0.410 e. The smallest absolute Gasteiger partial charge is 0.410 e. The Bertz CT molecular complexity index is 730. The minimum Gasteiger partial charge on any atom is -0.464 e. The lowest BCUT2D eigenvalue weighted by Crippen LogP contribution is -2.53. The normalized spacial score (nSPS) is 20.0.